The van der Waals surface area contributed by atoms with Gasteiger partial charge in [-0.25, -0.2) is 9.82 Å². The van der Waals surface area contributed by atoms with Gasteiger partial charge in [-0.3, -0.25) is 9.78 Å². The lowest BCUT2D eigenvalue weighted by molar-refractivity contribution is -0.118. The van der Waals surface area contributed by atoms with Gasteiger partial charge in [0, 0.05) is 21.5 Å². The van der Waals surface area contributed by atoms with Gasteiger partial charge in [0.25, 0.3) is 0 Å². The van der Waals surface area contributed by atoms with Gasteiger partial charge in [0.15, 0.2) is 17.3 Å². The lowest BCUT2D eigenvalue weighted by Crippen LogP contribution is -2.19. The molecular formula is C21H20FN3O3S. The number of rotatable bonds is 7. The molecule has 0 aliphatic heterocycles. The van der Waals surface area contributed by atoms with Gasteiger partial charge in [-0.1, -0.05) is 18.2 Å². The molecule has 1 aromatic heterocycles. The Morgan fingerprint density at radius 1 is 1.24 bits per heavy atom. The molecule has 1 amide bonds. The predicted octanol–water partition coefficient (Wildman–Crippen LogP) is 3.94. The monoisotopic (exact) mass is 413 g/mol. The molecule has 0 aliphatic rings. The van der Waals surface area contributed by atoms with Gasteiger partial charge in [0.05, 0.1) is 31.7 Å². The molecule has 0 fully saturated rings. The number of halogens is 1. The first-order valence-corrected chi connectivity index (χ1v) is 9.73. The summed E-state index contributed by atoms with van der Waals surface area (Å²) in [5, 5.41) is 4.89. The van der Waals surface area contributed by atoms with Crippen molar-refractivity contribution in [3.05, 3.63) is 59.5 Å². The third-order valence-electron chi connectivity index (χ3n) is 4.02. The quantitative estimate of drug-likeness (QED) is 0.361. The van der Waals surface area contributed by atoms with Crippen molar-refractivity contribution in [2.24, 2.45) is 5.10 Å². The van der Waals surface area contributed by atoms with E-state index in [9.17, 15) is 9.18 Å². The van der Waals surface area contributed by atoms with Crippen LogP contribution in [-0.2, 0) is 4.79 Å². The van der Waals surface area contributed by atoms with Crippen LogP contribution in [0.1, 0.15) is 11.3 Å². The van der Waals surface area contributed by atoms with Crippen LogP contribution in [0.4, 0.5) is 4.39 Å². The van der Waals surface area contributed by atoms with E-state index in [1.807, 2.05) is 37.3 Å². The van der Waals surface area contributed by atoms with E-state index >= 15 is 0 Å². The second-order valence-corrected chi connectivity index (χ2v) is 7.12. The van der Waals surface area contributed by atoms with Gasteiger partial charge in [0.2, 0.25) is 5.91 Å². The summed E-state index contributed by atoms with van der Waals surface area (Å²) in [6.07, 6.45) is 1.35. The molecule has 3 aromatic rings. The third-order valence-corrected chi connectivity index (χ3v) is 5.08. The average Bonchev–Trinajstić information content (AvgIpc) is 2.71. The van der Waals surface area contributed by atoms with Crippen LogP contribution >= 0.6 is 11.8 Å². The van der Waals surface area contributed by atoms with Crippen molar-refractivity contribution in [2.45, 2.75) is 11.8 Å². The van der Waals surface area contributed by atoms with Crippen molar-refractivity contribution >= 4 is 34.8 Å². The number of carbonyl (C=O) groups excluding carboxylic acids is 1. The third kappa shape index (κ3) is 5.03. The van der Waals surface area contributed by atoms with Crippen molar-refractivity contribution in [1.29, 1.82) is 0 Å². The molecule has 0 atom stereocenters. The van der Waals surface area contributed by atoms with Crippen LogP contribution in [-0.4, -0.2) is 37.1 Å². The largest absolute Gasteiger partial charge is 0.493 e. The Labute approximate surface area is 172 Å². The van der Waals surface area contributed by atoms with E-state index in [0.717, 1.165) is 21.5 Å². The summed E-state index contributed by atoms with van der Waals surface area (Å²) >= 11 is 1.41. The highest BCUT2D eigenvalue weighted by atomic mass is 32.2. The number of thioether (sulfide) groups is 1. The fraction of sp³-hybridized carbons (Fsp3) is 0.190. The van der Waals surface area contributed by atoms with E-state index in [-0.39, 0.29) is 23.2 Å². The van der Waals surface area contributed by atoms with Crippen LogP contribution in [0.2, 0.25) is 0 Å². The molecule has 6 nitrogen and oxygen atoms in total. The first-order chi connectivity index (χ1) is 14.0. The zero-order valence-corrected chi connectivity index (χ0v) is 17.0. The standard InChI is InChI=1S/C21H20FN3O3S/c1-13-8-19(15-6-4-5-7-17(15)24-13)29-12-20(26)25-23-11-14-9-16(22)21(28-3)18(10-14)27-2/h4-11H,12H2,1-3H3,(H,25,26)/b23-11+. The molecule has 0 bridgehead atoms. The number of hydrogen-bond acceptors (Lipinski definition) is 6. The van der Waals surface area contributed by atoms with Crippen LogP contribution in [0, 0.1) is 12.7 Å². The van der Waals surface area contributed by atoms with Crippen molar-refractivity contribution in [3.8, 4) is 11.5 Å². The number of fused-ring (bicyclic) bond motifs is 1. The lowest BCUT2D eigenvalue weighted by atomic mass is 10.2. The summed E-state index contributed by atoms with van der Waals surface area (Å²) in [7, 11) is 2.78. The van der Waals surface area contributed by atoms with Crippen molar-refractivity contribution in [3.63, 3.8) is 0 Å². The Kier molecular flexibility index (Phi) is 6.66. The number of ether oxygens (including phenoxy) is 2. The molecule has 0 spiro atoms. The van der Waals surface area contributed by atoms with Gasteiger partial charge in [0.1, 0.15) is 0 Å². The Morgan fingerprint density at radius 2 is 2.03 bits per heavy atom. The topological polar surface area (TPSA) is 72.8 Å². The van der Waals surface area contributed by atoms with E-state index in [1.54, 1.807) is 6.07 Å². The smallest absolute Gasteiger partial charge is 0.250 e. The Balaban J connectivity index is 1.63. The molecule has 0 saturated heterocycles. The second-order valence-electron chi connectivity index (χ2n) is 6.10. The van der Waals surface area contributed by atoms with Crippen molar-refractivity contribution in [2.75, 3.05) is 20.0 Å². The summed E-state index contributed by atoms with van der Waals surface area (Å²) in [6.45, 7) is 1.92. The predicted molar refractivity (Wildman–Crippen MR) is 112 cm³/mol. The number of methoxy groups -OCH3 is 2. The minimum atomic E-state index is -0.574. The number of aromatic nitrogens is 1. The number of aryl methyl sites for hydroxylation is 1. The molecule has 150 valence electrons. The number of hydrogen-bond donors (Lipinski definition) is 1. The Hall–Kier alpha value is -3.13. The number of hydrazone groups is 1. The van der Waals surface area contributed by atoms with Gasteiger partial charge >= 0.3 is 0 Å². The summed E-state index contributed by atoms with van der Waals surface area (Å²) in [5.41, 5.74) is 4.66. The maximum absolute atomic E-state index is 14.0. The number of amides is 1. The minimum absolute atomic E-state index is 0.0185. The van der Waals surface area contributed by atoms with Crippen molar-refractivity contribution < 1.29 is 18.7 Å². The van der Waals surface area contributed by atoms with Crippen LogP contribution in [0.5, 0.6) is 11.5 Å². The van der Waals surface area contributed by atoms with Crippen LogP contribution < -0.4 is 14.9 Å². The van der Waals surface area contributed by atoms with Gasteiger partial charge in [-0.2, -0.15) is 5.10 Å². The molecule has 2 aromatic carbocycles. The van der Waals surface area contributed by atoms with Crippen LogP contribution in [0.25, 0.3) is 10.9 Å². The van der Waals surface area contributed by atoms with Crippen molar-refractivity contribution in [1.82, 2.24) is 10.4 Å². The number of pyridine rings is 1. The SMILES string of the molecule is COc1cc(/C=N/NC(=O)CSc2cc(C)nc3ccccc23)cc(F)c1OC. The number of benzene rings is 2. The second kappa shape index (κ2) is 9.38. The molecule has 0 unspecified atom stereocenters. The van der Waals surface area contributed by atoms with E-state index in [2.05, 4.69) is 15.5 Å². The normalized spacial score (nSPS) is 11.0. The highest BCUT2D eigenvalue weighted by molar-refractivity contribution is 8.00. The molecule has 0 saturated carbocycles. The molecule has 1 N–H and O–H groups in total. The maximum atomic E-state index is 14.0. The van der Waals surface area contributed by atoms with Gasteiger partial charge in [-0.15, -0.1) is 11.8 Å². The minimum Gasteiger partial charge on any atom is -0.493 e. The lowest BCUT2D eigenvalue weighted by Gasteiger charge is -2.09. The van der Waals surface area contributed by atoms with Gasteiger partial charge in [-0.05, 0) is 31.2 Å². The number of carbonyl (C=O) groups is 1. The number of nitrogens with zero attached hydrogens (tertiary/aromatic N) is 2. The zero-order chi connectivity index (χ0) is 20.8. The van der Waals surface area contributed by atoms with Crippen LogP contribution in [0.3, 0.4) is 0 Å². The highest BCUT2D eigenvalue weighted by Crippen LogP contribution is 2.31. The molecule has 1 heterocycles. The van der Waals surface area contributed by atoms with Gasteiger partial charge < -0.3 is 9.47 Å². The molecule has 0 aliphatic carbocycles. The zero-order valence-electron chi connectivity index (χ0n) is 16.2. The maximum Gasteiger partial charge on any atom is 0.250 e. The van der Waals surface area contributed by atoms with E-state index in [0.29, 0.717) is 5.56 Å². The van der Waals surface area contributed by atoms with E-state index in [1.165, 1.54) is 38.3 Å². The highest BCUT2D eigenvalue weighted by Gasteiger charge is 2.11. The summed E-state index contributed by atoms with van der Waals surface area (Å²) in [5.74, 6) is -0.396. The summed E-state index contributed by atoms with van der Waals surface area (Å²) in [6, 6.07) is 12.6. The molecule has 8 heteroatoms. The van der Waals surface area contributed by atoms with Crippen LogP contribution in [0.15, 0.2) is 52.5 Å². The Morgan fingerprint density at radius 3 is 2.79 bits per heavy atom. The molecule has 0 radical (unpaired) electrons. The van der Waals surface area contributed by atoms with E-state index < -0.39 is 5.82 Å². The summed E-state index contributed by atoms with van der Waals surface area (Å²) < 4.78 is 24.0. The number of nitrogens with one attached hydrogen (secondary N) is 1. The average molecular weight is 413 g/mol. The fourth-order valence-electron chi connectivity index (χ4n) is 2.76. The fourth-order valence-corrected chi connectivity index (χ4v) is 3.69. The molecule has 3 rings (SSSR count). The molecule has 29 heavy (non-hydrogen) atoms. The number of para-hydroxylation sites is 1. The Bertz CT molecular complexity index is 1070. The van der Waals surface area contributed by atoms with E-state index in [4.69, 9.17) is 9.47 Å². The first-order valence-electron chi connectivity index (χ1n) is 8.74. The molecular weight excluding hydrogens is 393 g/mol. The first kappa shape index (κ1) is 20.6. The summed E-state index contributed by atoms with van der Waals surface area (Å²) in [4.78, 5) is 17.6.